The summed E-state index contributed by atoms with van der Waals surface area (Å²) in [6.45, 7) is 4.79. The van der Waals surface area contributed by atoms with Crippen LogP contribution in [0.25, 0.3) is 88.0 Å². The van der Waals surface area contributed by atoms with Crippen LogP contribution in [0.5, 0.6) is 0 Å². The molecule has 0 fully saturated rings. The fourth-order valence-electron chi connectivity index (χ4n) is 10.9. The Morgan fingerprint density at radius 1 is 0.344 bits per heavy atom. The van der Waals surface area contributed by atoms with E-state index in [9.17, 15) is 0 Å². The maximum Gasteiger partial charge on any atom is 0.0542 e. The fourth-order valence-corrected chi connectivity index (χ4v) is 10.9. The average molecular weight is 818 g/mol. The topological polar surface area (TPSA) is 13.1 Å². The number of rotatable bonds is 6. The predicted molar refractivity (Wildman–Crippen MR) is 270 cm³/mol. The summed E-state index contributed by atoms with van der Waals surface area (Å²) in [6, 6.07) is 82.6. The van der Waals surface area contributed by atoms with Gasteiger partial charge < -0.3 is 14.0 Å². The van der Waals surface area contributed by atoms with E-state index in [1.807, 2.05) is 0 Å². The van der Waals surface area contributed by atoms with Crippen molar-refractivity contribution in [3.8, 4) is 33.6 Å². The molecule has 12 aromatic rings. The van der Waals surface area contributed by atoms with Gasteiger partial charge in [-0.2, -0.15) is 0 Å². The van der Waals surface area contributed by atoms with Crippen LogP contribution in [0.3, 0.4) is 0 Å². The van der Waals surface area contributed by atoms with Crippen molar-refractivity contribution in [2.45, 2.75) is 19.3 Å². The van der Waals surface area contributed by atoms with Crippen LogP contribution in [0.1, 0.15) is 25.0 Å². The summed E-state index contributed by atoms with van der Waals surface area (Å²) in [6.07, 6.45) is 0. The lowest BCUT2D eigenvalue weighted by Gasteiger charge is -2.29. The molecule has 0 atom stereocenters. The molecule has 64 heavy (non-hydrogen) atoms. The third kappa shape index (κ3) is 5.34. The molecule has 2 aromatic heterocycles. The van der Waals surface area contributed by atoms with E-state index in [1.54, 1.807) is 0 Å². The molecule has 2 heterocycles. The Morgan fingerprint density at radius 3 is 1.53 bits per heavy atom. The van der Waals surface area contributed by atoms with E-state index >= 15 is 0 Å². The molecule has 10 aromatic carbocycles. The van der Waals surface area contributed by atoms with Gasteiger partial charge >= 0.3 is 0 Å². The predicted octanol–water partition coefficient (Wildman–Crippen LogP) is 16.5. The van der Waals surface area contributed by atoms with Crippen LogP contribution in [0.15, 0.2) is 224 Å². The SMILES string of the molecule is CC1(C)c2cc(-c3ccc4c(c3)c3ccccc3n4-c3ccccc3)ccc2-c2ccc(N(c3ccccc3)c3ccc(-n4c5ccccc5c5ccccc54)c4ccccc34)cc21. The molecule has 1 aliphatic carbocycles. The lowest BCUT2D eigenvalue weighted by molar-refractivity contribution is 0.660. The molecule has 0 N–H and O–H groups in total. The summed E-state index contributed by atoms with van der Waals surface area (Å²) in [5.74, 6) is 0. The number of nitrogens with zero attached hydrogens (tertiary/aromatic N) is 3. The first-order chi connectivity index (χ1) is 31.5. The van der Waals surface area contributed by atoms with Gasteiger partial charge in [0.1, 0.15) is 0 Å². The lowest BCUT2D eigenvalue weighted by atomic mass is 9.81. The number of para-hydroxylation sites is 5. The second-order valence-corrected chi connectivity index (χ2v) is 17.7. The first-order valence-electron chi connectivity index (χ1n) is 22.3. The summed E-state index contributed by atoms with van der Waals surface area (Å²) in [4.78, 5) is 2.45. The highest BCUT2D eigenvalue weighted by molar-refractivity contribution is 6.13. The molecule has 302 valence electrons. The van der Waals surface area contributed by atoms with E-state index in [4.69, 9.17) is 0 Å². The van der Waals surface area contributed by atoms with Crippen LogP contribution in [-0.4, -0.2) is 9.13 Å². The Labute approximate surface area is 372 Å². The largest absolute Gasteiger partial charge is 0.310 e. The zero-order chi connectivity index (χ0) is 42.5. The van der Waals surface area contributed by atoms with E-state index in [2.05, 4.69) is 252 Å². The number of benzene rings is 10. The molecule has 0 saturated heterocycles. The highest BCUT2D eigenvalue weighted by atomic mass is 15.1. The van der Waals surface area contributed by atoms with Crippen LogP contribution >= 0.6 is 0 Å². The second-order valence-electron chi connectivity index (χ2n) is 17.7. The molecule has 1 aliphatic rings. The number of hydrogen-bond donors (Lipinski definition) is 0. The molecule has 13 rings (SSSR count). The van der Waals surface area contributed by atoms with Crippen molar-refractivity contribution in [3.05, 3.63) is 236 Å². The van der Waals surface area contributed by atoms with Crippen molar-refractivity contribution in [2.75, 3.05) is 4.90 Å². The molecule has 0 spiro atoms. The van der Waals surface area contributed by atoms with Crippen molar-refractivity contribution in [2.24, 2.45) is 0 Å². The van der Waals surface area contributed by atoms with E-state index in [1.165, 1.54) is 99.1 Å². The molecular weight excluding hydrogens is 775 g/mol. The van der Waals surface area contributed by atoms with Crippen molar-refractivity contribution in [1.82, 2.24) is 9.13 Å². The highest BCUT2D eigenvalue weighted by Crippen LogP contribution is 2.52. The number of fused-ring (bicyclic) bond motifs is 10. The normalized spacial score (nSPS) is 13.0. The Balaban J connectivity index is 0.929. The standard InChI is InChI=1S/C61H43N3/c1-61(2)53-38-41(40-30-34-60-52(37-40)51-25-13-14-26-55(51)63(60)43-19-7-4-8-20-43)29-32-45(53)46-33-31-44(39-54(46)61)62(42-17-5-3-6-18-42)58-35-36-59(50-22-10-9-21-49(50)58)64-56-27-15-11-23-47(56)48-24-12-16-28-57(48)64/h3-39H,1-2H3. The minimum absolute atomic E-state index is 0.227. The third-order valence-corrected chi connectivity index (χ3v) is 13.9. The molecule has 0 bridgehead atoms. The van der Waals surface area contributed by atoms with Gasteiger partial charge in [0.15, 0.2) is 0 Å². The molecule has 0 amide bonds. The Kier molecular flexibility index (Phi) is 7.95. The summed E-state index contributed by atoms with van der Waals surface area (Å²) < 4.78 is 4.82. The van der Waals surface area contributed by atoms with E-state index in [0.717, 1.165) is 17.1 Å². The van der Waals surface area contributed by atoms with Gasteiger partial charge in [-0.05, 0) is 118 Å². The minimum atomic E-state index is -0.227. The maximum absolute atomic E-state index is 2.45. The van der Waals surface area contributed by atoms with Crippen LogP contribution in [-0.2, 0) is 5.41 Å². The Hall–Kier alpha value is -8.14. The first-order valence-corrected chi connectivity index (χ1v) is 22.3. The lowest BCUT2D eigenvalue weighted by Crippen LogP contribution is -2.17. The maximum atomic E-state index is 2.45. The molecule has 0 radical (unpaired) electrons. The molecule has 0 unspecified atom stereocenters. The van der Waals surface area contributed by atoms with E-state index in [0.29, 0.717) is 0 Å². The summed E-state index contributed by atoms with van der Waals surface area (Å²) in [5.41, 5.74) is 18.2. The van der Waals surface area contributed by atoms with Crippen LogP contribution in [0.4, 0.5) is 17.1 Å². The van der Waals surface area contributed by atoms with Gasteiger partial charge in [-0.3, -0.25) is 0 Å². The molecule has 0 aliphatic heterocycles. The highest BCUT2D eigenvalue weighted by Gasteiger charge is 2.36. The zero-order valence-electron chi connectivity index (χ0n) is 35.7. The molecule has 0 saturated carbocycles. The zero-order valence-corrected chi connectivity index (χ0v) is 35.7. The number of hydrogen-bond acceptors (Lipinski definition) is 1. The summed E-state index contributed by atoms with van der Waals surface area (Å²) in [7, 11) is 0. The first kappa shape index (κ1) is 36.5. The average Bonchev–Trinajstić information content (AvgIpc) is 3.94. The smallest absolute Gasteiger partial charge is 0.0542 e. The number of anilines is 3. The van der Waals surface area contributed by atoms with Gasteiger partial charge in [-0.1, -0.05) is 153 Å². The second kappa shape index (κ2) is 13.9. The van der Waals surface area contributed by atoms with Gasteiger partial charge in [0.25, 0.3) is 0 Å². The minimum Gasteiger partial charge on any atom is -0.310 e. The molecule has 3 heteroatoms. The van der Waals surface area contributed by atoms with Gasteiger partial charge in [0, 0.05) is 54.8 Å². The van der Waals surface area contributed by atoms with Crippen LogP contribution in [0.2, 0.25) is 0 Å². The molecule has 3 nitrogen and oxygen atoms in total. The van der Waals surface area contributed by atoms with Crippen molar-refractivity contribution >= 4 is 71.4 Å². The Morgan fingerprint density at radius 2 is 0.844 bits per heavy atom. The van der Waals surface area contributed by atoms with Crippen molar-refractivity contribution in [1.29, 1.82) is 0 Å². The van der Waals surface area contributed by atoms with Gasteiger partial charge in [0.05, 0.1) is 33.4 Å². The fraction of sp³-hybridized carbons (Fsp3) is 0.0492. The van der Waals surface area contributed by atoms with Gasteiger partial charge in [-0.25, -0.2) is 0 Å². The molecular formula is C61H43N3. The van der Waals surface area contributed by atoms with E-state index in [-0.39, 0.29) is 5.41 Å². The number of aromatic nitrogens is 2. The summed E-state index contributed by atoms with van der Waals surface area (Å²) >= 11 is 0. The van der Waals surface area contributed by atoms with Gasteiger partial charge in [-0.15, -0.1) is 0 Å². The monoisotopic (exact) mass is 817 g/mol. The van der Waals surface area contributed by atoms with Crippen molar-refractivity contribution < 1.29 is 0 Å². The van der Waals surface area contributed by atoms with Gasteiger partial charge in [0.2, 0.25) is 0 Å². The quantitative estimate of drug-likeness (QED) is 0.163. The summed E-state index contributed by atoms with van der Waals surface area (Å²) in [5, 5.41) is 7.46. The van der Waals surface area contributed by atoms with Crippen LogP contribution in [0, 0.1) is 0 Å². The third-order valence-electron chi connectivity index (χ3n) is 13.9. The van der Waals surface area contributed by atoms with E-state index < -0.39 is 0 Å². The van der Waals surface area contributed by atoms with Crippen molar-refractivity contribution in [3.63, 3.8) is 0 Å². The Bertz CT molecular complexity index is 3760. The van der Waals surface area contributed by atoms with Crippen LogP contribution < -0.4 is 4.90 Å².